The third kappa shape index (κ3) is 3.29. The number of fused-ring (bicyclic) bond motifs is 1. The van der Waals surface area contributed by atoms with Gasteiger partial charge in [0, 0.05) is 10.9 Å². The van der Waals surface area contributed by atoms with Gasteiger partial charge in [0.05, 0.1) is 31.5 Å². The average molecular weight is 321 g/mol. The average Bonchev–Trinajstić information content (AvgIpc) is 2.63. The van der Waals surface area contributed by atoms with Crippen LogP contribution < -0.4 is 4.74 Å². The summed E-state index contributed by atoms with van der Waals surface area (Å²) in [4.78, 5) is 16.2. The van der Waals surface area contributed by atoms with Gasteiger partial charge in [0.15, 0.2) is 6.29 Å². The summed E-state index contributed by atoms with van der Waals surface area (Å²) >= 11 is 0. The van der Waals surface area contributed by atoms with Gasteiger partial charge in [-0.1, -0.05) is 30.3 Å². The van der Waals surface area contributed by atoms with E-state index in [1.165, 1.54) is 0 Å². The fraction of sp³-hybridized carbons (Fsp3) is 0.200. The van der Waals surface area contributed by atoms with E-state index in [-0.39, 0.29) is 0 Å². The molecule has 4 heteroatoms. The first-order valence-electron chi connectivity index (χ1n) is 7.77. The molecular formula is C20H19NO3. The van der Waals surface area contributed by atoms with Crippen LogP contribution in [0.1, 0.15) is 27.2 Å². The van der Waals surface area contributed by atoms with Gasteiger partial charge < -0.3 is 9.47 Å². The van der Waals surface area contributed by atoms with E-state index in [2.05, 4.69) is 4.98 Å². The van der Waals surface area contributed by atoms with Crippen LogP contribution in [-0.2, 0) is 18.0 Å². The van der Waals surface area contributed by atoms with E-state index >= 15 is 0 Å². The number of ether oxygens (including phenoxy) is 2. The van der Waals surface area contributed by atoms with E-state index in [1.807, 2.05) is 55.5 Å². The third-order valence-corrected chi connectivity index (χ3v) is 4.05. The Bertz CT molecular complexity index is 860. The molecule has 3 rings (SSSR count). The maximum absolute atomic E-state index is 11.6. The molecule has 0 unspecified atom stereocenters. The minimum Gasteiger partial charge on any atom is -0.497 e. The van der Waals surface area contributed by atoms with Crippen molar-refractivity contribution < 1.29 is 14.3 Å². The number of aromatic nitrogens is 1. The minimum atomic E-state index is 0.297. The highest BCUT2D eigenvalue weighted by molar-refractivity contribution is 5.92. The van der Waals surface area contributed by atoms with Crippen molar-refractivity contribution in [3.8, 4) is 5.75 Å². The van der Waals surface area contributed by atoms with Crippen LogP contribution in [0.15, 0.2) is 48.5 Å². The summed E-state index contributed by atoms with van der Waals surface area (Å²) < 4.78 is 11.0. The number of nitrogens with zero attached hydrogens (tertiary/aromatic N) is 1. The van der Waals surface area contributed by atoms with Gasteiger partial charge in [-0.25, -0.2) is 4.98 Å². The van der Waals surface area contributed by atoms with Gasteiger partial charge in [-0.15, -0.1) is 0 Å². The van der Waals surface area contributed by atoms with Gasteiger partial charge in [0.25, 0.3) is 0 Å². The Morgan fingerprint density at radius 3 is 2.58 bits per heavy atom. The second-order valence-electron chi connectivity index (χ2n) is 5.58. The number of carbonyl (C=O) groups excluding carboxylic acids is 1. The van der Waals surface area contributed by atoms with Crippen molar-refractivity contribution in [3.05, 3.63) is 70.9 Å². The molecule has 0 radical (unpaired) electrons. The Balaban J connectivity index is 1.88. The molecule has 1 aromatic heterocycles. The van der Waals surface area contributed by atoms with Gasteiger partial charge in [-0.05, 0) is 36.2 Å². The molecule has 3 aromatic rings. The molecule has 0 atom stereocenters. The molecule has 0 bridgehead atoms. The Morgan fingerprint density at radius 2 is 1.88 bits per heavy atom. The number of aryl methyl sites for hydroxylation is 1. The highest BCUT2D eigenvalue weighted by atomic mass is 16.5. The van der Waals surface area contributed by atoms with E-state index in [1.54, 1.807) is 7.11 Å². The molecule has 24 heavy (non-hydrogen) atoms. The monoisotopic (exact) mass is 321 g/mol. The summed E-state index contributed by atoms with van der Waals surface area (Å²) in [7, 11) is 1.62. The summed E-state index contributed by atoms with van der Waals surface area (Å²) in [5.41, 5.74) is 4.07. The molecule has 0 aliphatic heterocycles. The Kier molecular flexibility index (Phi) is 4.87. The van der Waals surface area contributed by atoms with Gasteiger partial charge in [0.2, 0.25) is 0 Å². The van der Waals surface area contributed by atoms with Gasteiger partial charge in [-0.3, -0.25) is 4.79 Å². The molecule has 122 valence electrons. The summed E-state index contributed by atoms with van der Waals surface area (Å²) in [6.45, 7) is 2.71. The van der Waals surface area contributed by atoms with Crippen LogP contribution in [0.4, 0.5) is 0 Å². The van der Waals surface area contributed by atoms with Crippen LogP contribution in [-0.4, -0.2) is 18.4 Å². The minimum absolute atomic E-state index is 0.297. The Morgan fingerprint density at radius 1 is 1.08 bits per heavy atom. The first-order valence-corrected chi connectivity index (χ1v) is 7.77. The molecule has 0 N–H and O–H groups in total. The number of hydrogen-bond acceptors (Lipinski definition) is 4. The van der Waals surface area contributed by atoms with Crippen molar-refractivity contribution in [3.63, 3.8) is 0 Å². The highest BCUT2D eigenvalue weighted by Crippen LogP contribution is 2.26. The lowest BCUT2D eigenvalue weighted by atomic mass is 10.0. The summed E-state index contributed by atoms with van der Waals surface area (Å²) in [6.07, 6.45) is 0.850. The maximum Gasteiger partial charge on any atom is 0.152 e. The lowest BCUT2D eigenvalue weighted by molar-refractivity contribution is 0.101. The molecule has 0 amide bonds. The van der Waals surface area contributed by atoms with Gasteiger partial charge in [-0.2, -0.15) is 0 Å². The number of carbonyl (C=O) groups is 1. The predicted octanol–water partition coefficient (Wildman–Crippen LogP) is 4.08. The fourth-order valence-electron chi connectivity index (χ4n) is 2.71. The van der Waals surface area contributed by atoms with Crippen LogP contribution in [0, 0.1) is 6.92 Å². The van der Waals surface area contributed by atoms with Crippen molar-refractivity contribution in [2.24, 2.45) is 0 Å². The molecule has 0 spiro atoms. The van der Waals surface area contributed by atoms with Crippen molar-refractivity contribution >= 4 is 17.2 Å². The third-order valence-electron chi connectivity index (χ3n) is 4.05. The summed E-state index contributed by atoms with van der Waals surface area (Å²) in [5, 5.41) is 0.920. The Hall–Kier alpha value is -2.72. The smallest absolute Gasteiger partial charge is 0.152 e. The van der Waals surface area contributed by atoms with Crippen LogP contribution in [0.2, 0.25) is 0 Å². The SMILES string of the molecule is COc1ccc2nc(COCc3ccccc3)c(C=O)c(C)c2c1. The number of aldehydes is 1. The van der Waals surface area contributed by atoms with E-state index in [4.69, 9.17) is 9.47 Å². The fourth-order valence-corrected chi connectivity index (χ4v) is 2.71. The quantitative estimate of drug-likeness (QED) is 0.642. The maximum atomic E-state index is 11.6. The van der Waals surface area contributed by atoms with Crippen LogP contribution >= 0.6 is 0 Å². The molecular weight excluding hydrogens is 302 g/mol. The lowest BCUT2D eigenvalue weighted by Crippen LogP contribution is -2.04. The van der Waals surface area contributed by atoms with Crippen molar-refractivity contribution in [2.75, 3.05) is 7.11 Å². The van der Waals surface area contributed by atoms with E-state index in [0.717, 1.165) is 34.1 Å². The largest absolute Gasteiger partial charge is 0.497 e. The zero-order valence-corrected chi connectivity index (χ0v) is 13.8. The molecule has 4 nitrogen and oxygen atoms in total. The highest BCUT2D eigenvalue weighted by Gasteiger charge is 2.12. The second kappa shape index (κ2) is 7.23. The molecule has 0 saturated heterocycles. The molecule has 0 aliphatic carbocycles. The number of methoxy groups -OCH3 is 1. The van der Waals surface area contributed by atoms with E-state index < -0.39 is 0 Å². The molecule has 0 aliphatic rings. The van der Waals surface area contributed by atoms with Crippen molar-refractivity contribution in [1.29, 1.82) is 0 Å². The number of pyridine rings is 1. The van der Waals surface area contributed by atoms with Crippen LogP contribution in [0.3, 0.4) is 0 Å². The van der Waals surface area contributed by atoms with Crippen LogP contribution in [0.5, 0.6) is 5.75 Å². The van der Waals surface area contributed by atoms with Crippen molar-refractivity contribution in [1.82, 2.24) is 4.98 Å². The number of benzene rings is 2. The molecule has 0 fully saturated rings. The zero-order valence-electron chi connectivity index (χ0n) is 13.8. The summed E-state index contributed by atoms with van der Waals surface area (Å²) in [6, 6.07) is 15.6. The molecule has 2 aromatic carbocycles. The number of rotatable bonds is 6. The van der Waals surface area contributed by atoms with E-state index in [0.29, 0.717) is 24.5 Å². The second-order valence-corrected chi connectivity index (χ2v) is 5.58. The molecule has 0 saturated carbocycles. The zero-order chi connectivity index (χ0) is 16.9. The summed E-state index contributed by atoms with van der Waals surface area (Å²) in [5.74, 6) is 0.748. The topological polar surface area (TPSA) is 48.4 Å². The normalized spacial score (nSPS) is 10.8. The standard InChI is InChI=1S/C20H19NO3/c1-14-17-10-16(23-2)8-9-19(17)21-20(18(14)11-22)13-24-12-15-6-4-3-5-7-15/h3-11H,12-13H2,1-2H3. The lowest BCUT2D eigenvalue weighted by Gasteiger charge is -2.12. The molecule has 1 heterocycles. The first-order chi connectivity index (χ1) is 11.7. The van der Waals surface area contributed by atoms with E-state index in [9.17, 15) is 4.79 Å². The van der Waals surface area contributed by atoms with Gasteiger partial charge in [0.1, 0.15) is 5.75 Å². The van der Waals surface area contributed by atoms with Crippen molar-refractivity contribution in [2.45, 2.75) is 20.1 Å². The van der Waals surface area contributed by atoms with Gasteiger partial charge >= 0.3 is 0 Å². The first kappa shape index (κ1) is 16.1. The van der Waals surface area contributed by atoms with Crippen LogP contribution in [0.25, 0.3) is 10.9 Å². The number of hydrogen-bond donors (Lipinski definition) is 0. The predicted molar refractivity (Wildman–Crippen MR) is 93.4 cm³/mol. The Labute approximate surface area is 141 Å².